The summed E-state index contributed by atoms with van der Waals surface area (Å²) in [5.74, 6) is 0. The van der Waals surface area contributed by atoms with E-state index in [2.05, 4.69) is 16.0 Å². The van der Waals surface area contributed by atoms with Gasteiger partial charge in [0.25, 0.3) is 0 Å². The number of rotatable bonds is 7. The monoisotopic (exact) mass is 176 g/mol. The molecule has 0 aliphatic carbocycles. The molecule has 0 heterocycles. The zero-order valence-electron chi connectivity index (χ0n) is 7.45. The zero-order valence-corrected chi connectivity index (χ0v) is 7.45. The van der Waals surface area contributed by atoms with E-state index >= 15 is 0 Å². The van der Waals surface area contributed by atoms with Gasteiger partial charge in [-0.1, -0.05) is 25.5 Å². The molecule has 6 heteroatoms. The van der Waals surface area contributed by atoms with Crippen LogP contribution in [-0.4, -0.2) is 23.2 Å². The van der Waals surface area contributed by atoms with Crippen LogP contribution in [-0.2, 0) is 0 Å². The minimum Gasteiger partial charge on any atom is -0.301 e. The average Bonchev–Trinajstić information content (AvgIpc) is 2.05. The van der Waals surface area contributed by atoms with E-state index in [0.717, 1.165) is 19.4 Å². The highest BCUT2D eigenvalue weighted by molar-refractivity contribution is 4.58. The first-order valence-electron chi connectivity index (χ1n) is 4.06. The molecular formula is C6H16N4O2. The second-order valence-corrected chi connectivity index (χ2v) is 2.40. The topological polar surface area (TPSA) is 77.0 Å². The lowest BCUT2D eigenvalue weighted by atomic mass is 10.3. The highest BCUT2D eigenvalue weighted by Gasteiger charge is 2.07. The van der Waals surface area contributed by atoms with E-state index in [4.69, 9.17) is 5.21 Å². The summed E-state index contributed by atoms with van der Waals surface area (Å²) >= 11 is 0. The molecule has 0 rings (SSSR count). The van der Waals surface area contributed by atoms with Crippen LogP contribution in [0.2, 0.25) is 0 Å². The summed E-state index contributed by atoms with van der Waals surface area (Å²) in [6, 6.07) is 0. The Morgan fingerprint density at radius 2 is 2.25 bits per heavy atom. The average molecular weight is 176 g/mol. The normalized spacial score (nSPS) is 12.6. The molecule has 12 heavy (non-hydrogen) atoms. The van der Waals surface area contributed by atoms with Crippen LogP contribution >= 0.6 is 0 Å². The van der Waals surface area contributed by atoms with E-state index in [9.17, 15) is 4.91 Å². The van der Waals surface area contributed by atoms with E-state index in [1.165, 1.54) is 0 Å². The van der Waals surface area contributed by atoms with Crippen LogP contribution in [0.25, 0.3) is 0 Å². The SMILES string of the molecule is CCCC(NCC)NN(O)N=O. The molecular weight excluding hydrogens is 160 g/mol. The molecule has 0 aromatic rings. The predicted octanol–water partition coefficient (Wildman–Crippen LogP) is 0.599. The maximum atomic E-state index is 9.78. The first-order valence-corrected chi connectivity index (χ1v) is 4.06. The van der Waals surface area contributed by atoms with E-state index < -0.39 is 0 Å². The number of hydrogen-bond donors (Lipinski definition) is 3. The lowest BCUT2D eigenvalue weighted by Gasteiger charge is -2.19. The van der Waals surface area contributed by atoms with Crippen molar-refractivity contribution in [1.29, 1.82) is 0 Å². The third kappa shape index (κ3) is 5.00. The number of nitrogens with one attached hydrogen (secondary N) is 2. The Morgan fingerprint density at radius 1 is 1.58 bits per heavy atom. The quantitative estimate of drug-likeness (QED) is 0.301. The van der Waals surface area contributed by atoms with Gasteiger partial charge < -0.3 is 5.32 Å². The van der Waals surface area contributed by atoms with Gasteiger partial charge in [-0.25, -0.2) is 0 Å². The summed E-state index contributed by atoms with van der Waals surface area (Å²) in [6.07, 6.45) is 1.67. The molecule has 0 amide bonds. The van der Waals surface area contributed by atoms with Crippen molar-refractivity contribution in [3.05, 3.63) is 4.91 Å². The van der Waals surface area contributed by atoms with Crippen LogP contribution < -0.4 is 10.7 Å². The predicted molar refractivity (Wildman–Crippen MR) is 44.9 cm³/mol. The van der Waals surface area contributed by atoms with E-state index in [1.54, 1.807) is 0 Å². The molecule has 1 unspecified atom stereocenters. The molecule has 3 N–H and O–H groups in total. The molecule has 6 nitrogen and oxygen atoms in total. The standard InChI is InChI=1S/C6H16N4O2/c1-3-5-6(7-4-2)8-10(12)9-11/h6-8,12H,3-5H2,1-2H3. The molecule has 0 radical (unpaired) electrons. The summed E-state index contributed by atoms with van der Waals surface area (Å²) in [4.78, 5) is 9.78. The minimum absolute atomic E-state index is 0.109. The Bertz CT molecular complexity index is 116. The van der Waals surface area contributed by atoms with Crippen molar-refractivity contribution in [3.63, 3.8) is 0 Å². The Balaban J connectivity index is 3.68. The second kappa shape index (κ2) is 6.96. The lowest BCUT2D eigenvalue weighted by Crippen LogP contribution is -2.48. The van der Waals surface area contributed by atoms with Gasteiger partial charge in [0.05, 0.1) is 11.5 Å². The van der Waals surface area contributed by atoms with Gasteiger partial charge >= 0.3 is 0 Å². The number of hydrogen-bond acceptors (Lipinski definition) is 5. The lowest BCUT2D eigenvalue weighted by molar-refractivity contribution is -0.151. The molecule has 0 fully saturated rings. The Morgan fingerprint density at radius 3 is 2.67 bits per heavy atom. The summed E-state index contributed by atoms with van der Waals surface area (Å²) in [6.45, 7) is 4.73. The first-order chi connectivity index (χ1) is 5.74. The van der Waals surface area contributed by atoms with E-state index in [-0.39, 0.29) is 11.4 Å². The molecule has 0 aromatic heterocycles. The fraction of sp³-hybridized carbons (Fsp3) is 1.00. The molecule has 72 valence electrons. The van der Waals surface area contributed by atoms with Crippen LogP contribution in [0.4, 0.5) is 0 Å². The van der Waals surface area contributed by atoms with Gasteiger partial charge in [-0.15, -0.1) is 4.91 Å². The van der Waals surface area contributed by atoms with Crippen molar-refractivity contribution in [2.75, 3.05) is 6.54 Å². The Kier molecular flexibility index (Phi) is 6.54. The van der Waals surface area contributed by atoms with Gasteiger partial charge in [0.1, 0.15) is 0 Å². The summed E-state index contributed by atoms with van der Waals surface area (Å²) < 4.78 is 0. The highest BCUT2D eigenvalue weighted by Crippen LogP contribution is 1.93. The molecule has 0 spiro atoms. The summed E-state index contributed by atoms with van der Waals surface area (Å²) in [5, 5.41) is 14.2. The molecule has 0 aliphatic rings. The minimum atomic E-state index is -0.109. The van der Waals surface area contributed by atoms with Crippen LogP contribution in [0.1, 0.15) is 26.7 Å². The van der Waals surface area contributed by atoms with Crippen LogP contribution in [0.5, 0.6) is 0 Å². The molecule has 1 atom stereocenters. The van der Waals surface area contributed by atoms with Crippen LogP contribution in [0, 0.1) is 4.91 Å². The van der Waals surface area contributed by atoms with Crippen molar-refractivity contribution in [2.24, 2.45) is 5.29 Å². The third-order valence-corrected chi connectivity index (χ3v) is 1.38. The molecule has 0 aliphatic heterocycles. The van der Waals surface area contributed by atoms with Crippen molar-refractivity contribution in [1.82, 2.24) is 16.0 Å². The molecule has 0 saturated heterocycles. The van der Waals surface area contributed by atoms with Gasteiger partial charge in [-0.2, -0.15) is 5.43 Å². The highest BCUT2D eigenvalue weighted by atomic mass is 16.6. The number of nitrogens with zero attached hydrogens (tertiary/aromatic N) is 2. The summed E-state index contributed by atoms with van der Waals surface area (Å²) in [7, 11) is 0. The molecule has 0 aromatic carbocycles. The second-order valence-electron chi connectivity index (χ2n) is 2.40. The van der Waals surface area contributed by atoms with Crippen molar-refractivity contribution < 1.29 is 5.21 Å². The molecule has 0 bridgehead atoms. The van der Waals surface area contributed by atoms with Crippen molar-refractivity contribution in [2.45, 2.75) is 32.9 Å². The van der Waals surface area contributed by atoms with Gasteiger partial charge in [0, 0.05) is 0 Å². The van der Waals surface area contributed by atoms with E-state index in [1.807, 2.05) is 13.8 Å². The Hall–Kier alpha value is -0.720. The number of nitroso groups, excluding NO2 is 1. The van der Waals surface area contributed by atoms with Crippen molar-refractivity contribution >= 4 is 0 Å². The van der Waals surface area contributed by atoms with Crippen LogP contribution in [0.15, 0.2) is 5.29 Å². The molecule has 0 saturated carbocycles. The maximum absolute atomic E-state index is 9.78. The fourth-order valence-corrected chi connectivity index (χ4v) is 0.910. The van der Waals surface area contributed by atoms with Gasteiger partial charge in [-0.3, -0.25) is 5.21 Å². The van der Waals surface area contributed by atoms with Gasteiger partial charge in [0.2, 0.25) is 0 Å². The van der Waals surface area contributed by atoms with Gasteiger partial charge in [-0.05, 0) is 13.0 Å². The van der Waals surface area contributed by atoms with E-state index in [0.29, 0.717) is 0 Å². The zero-order chi connectivity index (χ0) is 9.40. The van der Waals surface area contributed by atoms with Crippen molar-refractivity contribution in [3.8, 4) is 0 Å². The maximum Gasteiger partial charge on any atom is 0.0960 e. The third-order valence-electron chi connectivity index (χ3n) is 1.38. The summed E-state index contributed by atoms with van der Waals surface area (Å²) in [5.41, 5.74) is 2.47. The fourth-order valence-electron chi connectivity index (χ4n) is 0.910. The van der Waals surface area contributed by atoms with Crippen LogP contribution in [0.3, 0.4) is 0 Å². The number of hydrazine groups is 1. The van der Waals surface area contributed by atoms with Gasteiger partial charge in [0.15, 0.2) is 0 Å². The largest absolute Gasteiger partial charge is 0.301 e. The first kappa shape index (κ1) is 11.3. The smallest absolute Gasteiger partial charge is 0.0960 e. The Labute approximate surface area is 71.8 Å².